The van der Waals surface area contributed by atoms with Crippen LogP contribution < -0.4 is 9.26 Å². The van der Waals surface area contributed by atoms with Gasteiger partial charge in [0.2, 0.25) is 0 Å². The van der Waals surface area contributed by atoms with Gasteiger partial charge >= 0.3 is 19.0 Å². The molecule has 202 valence electrons. The Morgan fingerprint density at radius 1 is 0.842 bits per heavy atom. The Labute approximate surface area is 226 Å². The van der Waals surface area contributed by atoms with Crippen molar-refractivity contribution in [1.82, 2.24) is 5.06 Å². The number of halogens is 1. The lowest BCUT2D eigenvalue weighted by molar-refractivity contribution is -0.193. The van der Waals surface area contributed by atoms with Gasteiger partial charge in [-0.05, 0) is 41.3 Å². The molecular weight excluding hydrogens is 533 g/mol. The molecule has 9 nitrogen and oxygen atoms in total. The van der Waals surface area contributed by atoms with E-state index < -0.39 is 31.0 Å². The minimum absolute atomic E-state index is 0.0430. The van der Waals surface area contributed by atoms with Crippen molar-refractivity contribution in [3.8, 4) is 11.5 Å². The molecule has 0 aromatic heterocycles. The molecule has 3 aromatic carbocycles. The fourth-order valence-corrected chi connectivity index (χ4v) is 4.51. The first-order valence-electron chi connectivity index (χ1n) is 11.7. The summed E-state index contributed by atoms with van der Waals surface area (Å²) in [5.41, 5.74) is 1.49. The van der Waals surface area contributed by atoms with Crippen LogP contribution in [0.25, 0.3) is 0 Å². The van der Waals surface area contributed by atoms with Crippen LogP contribution in [0.15, 0.2) is 84.9 Å². The Morgan fingerprint density at radius 2 is 1.37 bits per heavy atom. The number of ether oxygens (including phenoxy) is 2. The van der Waals surface area contributed by atoms with Crippen LogP contribution in [0.5, 0.6) is 11.5 Å². The van der Waals surface area contributed by atoms with Crippen molar-refractivity contribution in [3.63, 3.8) is 0 Å². The van der Waals surface area contributed by atoms with E-state index >= 15 is 0 Å². The smallest absolute Gasteiger partial charge is 0.497 e. The minimum Gasteiger partial charge on any atom is -0.497 e. The van der Waals surface area contributed by atoms with E-state index in [1.54, 1.807) is 50.2 Å². The highest BCUT2D eigenvalue weighted by Gasteiger charge is 2.40. The zero-order valence-electron chi connectivity index (χ0n) is 21.2. The van der Waals surface area contributed by atoms with E-state index in [9.17, 15) is 14.2 Å². The van der Waals surface area contributed by atoms with Crippen molar-refractivity contribution >= 4 is 30.3 Å². The maximum Gasteiger partial charge on any atom is 0.532 e. The van der Waals surface area contributed by atoms with Crippen LogP contribution in [0.3, 0.4) is 0 Å². The quantitative estimate of drug-likeness (QED) is 0.177. The second-order valence-electron chi connectivity index (χ2n) is 8.42. The summed E-state index contributed by atoms with van der Waals surface area (Å²) in [6.07, 6.45) is -0.930. The molecule has 0 N–H and O–H groups in total. The van der Waals surface area contributed by atoms with Gasteiger partial charge in [0.1, 0.15) is 24.7 Å². The topological polar surface area (TPSA) is 101 Å². The molecule has 1 amide bonds. The van der Waals surface area contributed by atoms with Crippen molar-refractivity contribution in [1.29, 1.82) is 0 Å². The van der Waals surface area contributed by atoms with E-state index in [2.05, 4.69) is 0 Å². The maximum absolute atomic E-state index is 13.2. The van der Waals surface area contributed by atoms with E-state index in [1.165, 1.54) is 19.2 Å². The van der Waals surface area contributed by atoms with E-state index in [-0.39, 0.29) is 19.0 Å². The molecule has 0 aliphatic rings. The van der Waals surface area contributed by atoms with Crippen LogP contribution in [0.4, 0.5) is 4.79 Å². The maximum atomic E-state index is 13.2. The number of methoxy groups -OCH3 is 1. The number of rotatable bonds is 12. The average molecular weight is 562 g/mol. The summed E-state index contributed by atoms with van der Waals surface area (Å²) in [7, 11) is 1.49. The van der Waals surface area contributed by atoms with Gasteiger partial charge in [0, 0.05) is 11.2 Å². The molecular formula is C27H29ClNO8P. The molecule has 1 unspecified atom stereocenters. The lowest BCUT2D eigenvalue weighted by Crippen LogP contribution is -2.48. The molecule has 0 heterocycles. The van der Waals surface area contributed by atoms with E-state index in [1.807, 2.05) is 36.4 Å². The zero-order valence-corrected chi connectivity index (χ0v) is 22.8. The minimum atomic E-state index is -4.45. The second kappa shape index (κ2) is 13.9. The van der Waals surface area contributed by atoms with Gasteiger partial charge in [-0.1, -0.05) is 74.5 Å². The fourth-order valence-electron chi connectivity index (χ4n) is 3.33. The molecule has 11 heteroatoms. The molecule has 3 rings (SSSR count). The predicted molar refractivity (Wildman–Crippen MR) is 141 cm³/mol. The van der Waals surface area contributed by atoms with E-state index in [4.69, 9.17) is 34.6 Å². The van der Waals surface area contributed by atoms with Gasteiger partial charge in [-0.3, -0.25) is 4.84 Å². The van der Waals surface area contributed by atoms with Gasteiger partial charge in [0.15, 0.2) is 6.04 Å². The SMILES string of the molecule is COc1ccc(OP(=O)(Cl)OC(=O)[C@H](C(C)C)N(OCc2ccccc2)C(=O)OCc2ccccc2)cc1. The Morgan fingerprint density at radius 3 is 1.89 bits per heavy atom. The summed E-state index contributed by atoms with van der Waals surface area (Å²) >= 11 is 5.97. The molecule has 0 aliphatic heterocycles. The number of carbonyl (C=O) groups excluding carboxylic acids is 2. The third-order valence-corrected chi connectivity index (χ3v) is 6.44. The highest BCUT2D eigenvalue weighted by Crippen LogP contribution is 2.54. The van der Waals surface area contributed by atoms with E-state index in [0.717, 1.165) is 16.2 Å². The lowest BCUT2D eigenvalue weighted by Gasteiger charge is -2.31. The van der Waals surface area contributed by atoms with Crippen LogP contribution in [0, 0.1) is 5.92 Å². The summed E-state index contributed by atoms with van der Waals surface area (Å²) in [5.74, 6) is -0.993. The molecule has 3 aromatic rings. The molecule has 38 heavy (non-hydrogen) atoms. The fraction of sp³-hybridized carbons (Fsp3) is 0.259. The van der Waals surface area contributed by atoms with Gasteiger partial charge < -0.3 is 18.5 Å². The van der Waals surface area contributed by atoms with Crippen LogP contribution in [0.1, 0.15) is 25.0 Å². The molecule has 0 aliphatic carbocycles. The number of benzene rings is 3. The largest absolute Gasteiger partial charge is 0.532 e. The molecule has 0 radical (unpaired) electrons. The zero-order chi connectivity index (χ0) is 27.5. The van der Waals surface area contributed by atoms with Gasteiger partial charge in [0.05, 0.1) is 7.11 Å². The van der Waals surface area contributed by atoms with Crippen LogP contribution in [-0.2, 0) is 36.7 Å². The normalized spacial score (nSPS) is 13.2. The van der Waals surface area contributed by atoms with Crippen molar-refractivity contribution in [2.24, 2.45) is 5.92 Å². The Kier molecular flexibility index (Phi) is 10.6. The summed E-state index contributed by atoms with van der Waals surface area (Å²) in [5, 5.41) is 0.785. The van der Waals surface area contributed by atoms with Crippen molar-refractivity contribution in [3.05, 3.63) is 96.1 Å². The second-order valence-corrected chi connectivity index (χ2v) is 10.9. The molecule has 0 spiro atoms. The predicted octanol–water partition coefficient (Wildman–Crippen LogP) is 6.76. The molecule has 0 saturated heterocycles. The first-order chi connectivity index (χ1) is 18.2. The van der Waals surface area contributed by atoms with Crippen molar-refractivity contribution in [2.75, 3.05) is 7.11 Å². The number of carbonyl (C=O) groups is 2. The standard InChI is InChI=1S/C27H29ClNO8P/c1-20(2)25(26(30)37-38(28,32)36-24-16-14-23(33-3)15-17-24)29(35-19-22-12-8-5-9-13-22)27(31)34-18-21-10-6-4-7-11-21/h4-17,20,25H,18-19H2,1-3H3/t25-,38?/m0/s1. The number of hydrogen-bond acceptors (Lipinski definition) is 8. The average Bonchev–Trinajstić information content (AvgIpc) is 2.90. The van der Waals surface area contributed by atoms with Crippen LogP contribution in [0.2, 0.25) is 0 Å². The number of hydroxylamine groups is 2. The van der Waals surface area contributed by atoms with Gasteiger partial charge in [-0.2, -0.15) is 5.06 Å². The molecule has 0 saturated carbocycles. The summed E-state index contributed by atoms with van der Waals surface area (Å²) in [4.78, 5) is 32.1. The molecule has 0 fully saturated rings. The lowest BCUT2D eigenvalue weighted by atomic mass is 10.0. The van der Waals surface area contributed by atoms with Crippen LogP contribution in [-0.4, -0.2) is 30.3 Å². The number of hydrogen-bond donors (Lipinski definition) is 0. The monoisotopic (exact) mass is 561 g/mol. The van der Waals surface area contributed by atoms with Gasteiger partial charge in [-0.15, -0.1) is 0 Å². The summed E-state index contributed by atoms with van der Waals surface area (Å²) in [6.45, 7) is -1.22. The Hall–Kier alpha value is -3.52. The van der Waals surface area contributed by atoms with Crippen LogP contribution >= 0.6 is 18.2 Å². The first kappa shape index (κ1) is 29.0. The summed E-state index contributed by atoms with van der Waals surface area (Å²) in [6, 6.07) is 22.8. The van der Waals surface area contributed by atoms with Gasteiger partial charge in [0.25, 0.3) is 0 Å². The molecule has 2 atom stereocenters. The number of amides is 1. The van der Waals surface area contributed by atoms with E-state index in [0.29, 0.717) is 5.75 Å². The highest BCUT2D eigenvalue weighted by atomic mass is 35.7. The summed E-state index contributed by atoms with van der Waals surface area (Å²) < 4.78 is 33.6. The van der Waals surface area contributed by atoms with Crippen molar-refractivity contribution < 1.29 is 37.5 Å². The third kappa shape index (κ3) is 8.80. The Bertz CT molecular complexity index is 1220. The molecule has 0 bridgehead atoms. The first-order valence-corrected chi connectivity index (χ1v) is 14.2. The van der Waals surface area contributed by atoms with Crippen molar-refractivity contribution in [2.45, 2.75) is 33.1 Å². The Balaban J connectivity index is 1.77. The number of nitrogens with zero attached hydrogens (tertiary/aromatic N) is 1. The third-order valence-electron chi connectivity index (χ3n) is 5.20. The highest BCUT2D eigenvalue weighted by molar-refractivity contribution is 7.82. The van der Waals surface area contributed by atoms with Gasteiger partial charge in [-0.25, -0.2) is 14.2 Å².